The van der Waals surface area contributed by atoms with Gasteiger partial charge in [0.25, 0.3) is 5.91 Å². The summed E-state index contributed by atoms with van der Waals surface area (Å²) in [6.45, 7) is 6.70. The Hall–Kier alpha value is -1.33. The molecule has 0 spiro atoms. The Morgan fingerprint density at radius 1 is 1.42 bits per heavy atom. The Bertz CT molecular complexity index is 827. The third-order valence-electron chi connectivity index (χ3n) is 6.30. The molecule has 2 aliphatic carbocycles. The molecule has 2 heterocycles. The van der Waals surface area contributed by atoms with Crippen LogP contribution in [0.3, 0.4) is 0 Å². The molecule has 2 aliphatic rings. The molecule has 2 aromatic rings. The van der Waals surface area contributed by atoms with E-state index >= 15 is 0 Å². The van der Waals surface area contributed by atoms with Crippen LogP contribution in [-0.4, -0.2) is 21.7 Å². The molecule has 4 nitrogen and oxygen atoms in total. The Kier molecular flexibility index (Phi) is 4.86. The zero-order valence-corrected chi connectivity index (χ0v) is 17.2. The van der Waals surface area contributed by atoms with Crippen molar-refractivity contribution in [1.29, 1.82) is 0 Å². The molecule has 1 amide bonds. The first-order valence-electron chi connectivity index (χ1n) is 9.50. The fraction of sp³-hybridized carbons (Fsp3) is 0.600. The van der Waals surface area contributed by atoms with E-state index in [1.54, 1.807) is 0 Å². The first-order valence-corrected chi connectivity index (χ1v) is 10.8. The van der Waals surface area contributed by atoms with Crippen molar-refractivity contribution in [2.75, 3.05) is 0 Å². The second-order valence-electron chi connectivity index (χ2n) is 8.06. The highest BCUT2D eigenvalue weighted by Gasteiger charge is 2.42. The molecule has 4 unspecified atom stereocenters. The molecule has 140 valence electrons. The van der Waals surface area contributed by atoms with Crippen molar-refractivity contribution in [3.8, 4) is 0 Å². The van der Waals surface area contributed by atoms with Crippen LogP contribution in [0.4, 0.5) is 0 Å². The monoisotopic (exact) mass is 391 g/mol. The maximum atomic E-state index is 12.7. The first kappa shape index (κ1) is 18.1. The molecular weight excluding hydrogens is 366 g/mol. The molecule has 2 saturated carbocycles. The SMILES string of the molecule is Cc1nn(Cc2csc(C(=O)NC(C)C3CC4CCC3C4)c2)c(C)c1Cl. The van der Waals surface area contributed by atoms with Crippen LogP contribution in [-0.2, 0) is 6.54 Å². The van der Waals surface area contributed by atoms with Crippen molar-refractivity contribution < 1.29 is 4.79 Å². The van der Waals surface area contributed by atoms with E-state index in [0.29, 0.717) is 12.5 Å². The number of thiophene rings is 1. The van der Waals surface area contributed by atoms with Gasteiger partial charge in [-0.1, -0.05) is 18.0 Å². The number of fused-ring (bicyclic) bond motifs is 2. The second kappa shape index (κ2) is 7.01. The van der Waals surface area contributed by atoms with Crippen molar-refractivity contribution in [2.45, 2.75) is 59.0 Å². The molecule has 0 radical (unpaired) electrons. The number of hydrogen-bond acceptors (Lipinski definition) is 3. The van der Waals surface area contributed by atoms with Gasteiger partial charge in [-0.05, 0) is 74.8 Å². The van der Waals surface area contributed by atoms with Gasteiger partial charge in [-0.15, -0.1) is 11.3 Å². The van der Waals surface area contributed by atoms with Crippen LogP contribution in [0, 0.1) is 31.6 Å². The van der Waals surface area contributed by atoms with Gasteiger partial charge in [-0.2, -0.15) is 5.10 Å². The van der Waals surface area contributed by atoms with Gasteiger partial charge in [-0.25, -0.2) is 0 Å². The molecule has 0 saturated heterocycles. The molecule has 4 rings (SSSR count). The van der Waals surface area contributed by atoms with Gasteiger partial charge < -0.3 is 5.32 Å². The molecule has 0 aromatic carbocycles. The standard InChI is InChI=1S/C20H26ClN3OS/c1-11(17-7-14-4-5-16(17)6-14)22-20(25)18-8-15(10-26-18)9-24-13(3)19(21)12(2)23-24/h8,10-11,14,16-17H,4-7,9H2,1-3H3,(H,22,25). The van der Waals surface area contributed by atoms with E-state index in [4.69, 9.17) is 11.6 Å². The van der Waals surface area contributed by atoms with Gasteiger partial charge in [0, 0.05) is 6.04 Å². The van der Waals surface area contributed by atoms with Crippen molar-refractivity contribution in [1.82, 2.24) is 15.1 Å². The van der Waals surface area contributed by atoms with Gasteiger partial charge in [0.15, 0.2) is 0 Å². The number of nitrogens with one attached hydrogen (secondary N) is 1. The minimum atomic E-state index is 0.0583. The molecule has 2 aromatic heterocycles. The smallest absolute Gasteiger partial charge is 0.261 e. The summed E-state index contributed by atoms with van der Waals surface area (Å²) in [6.07, 6.45) is 5.41. The van der Waals surface area contributed by atoms with Crippen LogP contribution < -0.4 is 5.32 Å². The molecule has 0 aliphatic heterocycles. The molecule has 2 fully saturated rings. The highest BCUT2D eigenvalue weighted by Crippen LogP contribution is 2.49. The van der Waals surface area contributed by atoms with Gasteiger partial charge in [-0.3, -0.25) is 9.48 Å². The molecule has 26 heavy (non-hydrogen) atoms. The molecule has 4 atom stereocenters. The topological polar surface area (TPSA) is 46.9 Å². The minimum absolute atomic E-state index is 0.0583. The van der Waals surface area contributed by atoms with E-state index in [0.717, 1.165) is 38.7 Å². The Labute approximate surface area is 163 Å². The first-order chi connectivity index (χ1) is 12.4. The summed E-state index contributed by atoms with van der Waals surface area (Å²) in [5.74, 6) is 2.45. The van der Waals surface area contributed by atoms with Crippen molar-refractivity contribution in [3.05, 3.63) is 38.3 Å². The van der Waals surface area contributed by atoms with E-state index in [1.807, 2.05) is 30.0 Å². The molecular formula is C20H26ClN3OS. The number of aryl methyl sites for hydroxylation is 1. The summed E-state index contributed by atoms with van der Waals surface area (Å²) in [5.41, 5.74) is 2.90. The van der Waals surface area contributed by atoms with Crippen LogP contribution in [0.1, 0.15) is 59.2 Å². The van der Waals surface area contributed by atoms with Gasteiger partial charge in [0.1, 0.15) is 0 Å². The summed E-state index contributed by atoms with van der Waals surface area (Å²) in [6, 6.07) is 2.25. The van der Waals surface area contributed by atoms with Gasteiger partial charge in [0.05, 0.1) is 27.8 Å². The van der Waals surface area contributed by atoms with E-state index in [9.17, 15) is 4.79 Å². The van der Waals surface area contributed by atoms with Gasteiger partial charge in [0.2, 0.25) is 0 Å². The third kappa shape index (κ3) is 3.31. The molecule has 1 N–H and O–H groups in total. The number of rotatable bonds is 5. The number of amides is 1. The van der Waals surface area contributed by atoms with E-state index in [-0.39, 0.29) is 11.9 Å². The third-order valence-corrected chi connectivity index (χ3v) is 7.82. The highest BCUT2D eigenvalue weighted by molar-refractivity contribution is 7.12. The second-order valence-corrected chi connectivity index (χ2v) is 9.35. The maximum absolute atomic E-state index is 12.7. The minimum Gasteiger partial charge on any atom is -0.349 e. The number of aromatic nitrogens is 2. The number of nitrogens with zero attached hydrogens (tertiary/aromatic N) is 2. The average Bonchev–Trinajstić information content (AvgIpc) is 3.38. The largest absolute Gasteiger partial charge is 0.349 e. The average molecular weight is 392 g/mol. The Morgan fingerprint density at radius 2 is 2.23 bits per heavy atom. The predicted octanol–water partition coefficient (Wildman–Crippen LogP) is 4.82. The maximum Gasteiger partial charge on any atom is 0.261 e. The summed E-state index contributed by atoms with van der Waals surface area (Å²) in [7, 11) is 0. The summed E-state index contributed by atoms with van der Waals surface area (Å²) < 4.78 is 1.90. The van der Waals surface area contributed by atoms with E-state index in [1.165, 1.54) is 37.0 Å². The number of carbonyl (C=O) groups is 1. The lowest BCUT2D eigenvalue weighted by Crippen LogP contribution is -2.39. The van der Waals surface area contributed by atoms with Crippen LogP contribution in [0.5, 0.6) is 0 Å². The number of hydrogen-bond donors (Lipinski definition) is 1. The summed E-state index contributed by atoms with van der Waals surface area (Å²) in [5, 5.41) is 10.5. The zero-order chi connectivity index (χ0) is 18.4. The number of halogens is 1. The molecule has 6 heteroatoms. The highest BCUT2D eigenvalue weighted by atomic mass is 35.5. The number of carbonyl (C=O) groups excluding carboxylic acids is 1. The van der Waals surface area contributed by atoms with Crippen molar-refractivity contribution in [3.63, 3.8) is 0 Å². The molecule has 2 bridgehead atoms. The summed E-state index contributed by atoms with van der Waals surface area (Å²) >= 11 is 7.73. The lowest BCUT2D eigenvalue weighted by atomic mass is 9.84. The predicted molar refractivity (Wildman–Crippen MR) is 106 cm³/mol. The van der Waals surface area contributed by atoms with Crippen molar-refractivity contribution >= 4 is 28.8 Å². The van der Waals surface area contributed by atoms with Crippen LogP contribution >= 0.6 is 22.9 Å². The normalized spacial score (nSPS) is 25.6. The fourth-order valence-electron chi connectivity index (χ4n) is 4.87. The van der Waals surface area contributed by atoms with Crippen LogP contribution in [0.15, 0.2) is 11.4 Å². The Morgan fingerprint density at radius 3 is 2.85 bits per heavy atom. The quantitative estimate of drug-likeness (QED) is 0.794. The van der Waals surface area contributed by atoms with E-state index in [2.05, 4.69) is 17.3 Å². The Balaban J connectivity index is 1.39. The lowest BCUT2D eigenvalue weighted by molar-refractivity contribution is 0.0919. The fourth-order valence-corrected chi connectivity index (χ4v) is 5.81. The lowest BCUT2D eigenvalue weighted by Gasteiger charge is -2.28. The van der Waals surface area contributed by atoms with Crippen LogP contribution in [0.2, 0.25) is 5.02 Å². The van der Waals surface area contributed by atoms with Gasteiger partial charge >= 0.3 is 0 Å². The zero-order valence-electron chi connectivity index (χ0n) is 15.6. The van der Waals surface area contributed by atoms with Crippen molar-refractivity contribution in [2.24, 2.45) is 17.8 Å². The van der Waals surface area contributed by atoms with E-state index < -0.39 is 0 Å². The van der Waals surface area contributed by atoms with Crippen LogP contribution in [0.25, 0.3) is 0 Å². The summed E-state index contributed by atoms with van der Waals surface area (Å²) in [4.78, 5) is 13.4.